The highest BCUT2D eigenvalue weighted by molar-refractivity contribution is 9.10. The highest BCUT2D eigenvalue weighted by atomic mass is 79.9. The average molecular weight is 366 g/mol. The van der Waals surface area contributed by atoms with Gasteiger partial charge in [0.2, 0.25) is 0 Å². The van der Waals surface area contributed by atoms with Crippen molar-refractivity contribution in [3.63, 3.8) is 0 Å². The van der Waals surface area contributed by atoms with Crippen LogP contribution in [0.1, 0.15) is 17.2 Å². The van der Waals surface area contributed by atoms with Gasteiger partial charge in [-0.05, 0) is 29.1 Å². The molecule has 0 aliphatic carbocycles. The van der Waals surface area contributed by atoms with E-state index in [4.69, 9.17) is 11.6 Å². The number of halogens is 3. The van der Waals surface area contributed by atoms with E-state index in [1.807, 2.05) is 24.3 Å². The number of benzene rings is 3. The van der Waals surface area contributed by atoms with Crippen molar-refractivity contribution in [3.05, 3.63) is 81.0 Å². The van der Waals surface area contributed by atoms with E-state index in [9.17, 15) is 9.50 Å². The molecule has 1 nitrogen and oxygen atoms in total. The van der Waals surface area contributed by atoms with E-state index in [1.54, 1.807) is 24.3 Å². The van der Waals surface area contributed by atoms with Gasteiger partial charge in [-0.2, -0.15) is 0 Å². The van der Waals surface area contributed by atoms with Crippen molar-refractivity contribution >= 4 is 38.3 Å². The van der Waals surface area contributed by atoms with Gasteiger partial charge in [-0.25, -0.2) is 4.39 Å². The maximum Gasteiger partial charge on any atom is 0.130 e. The predicted molar refractivity (Wildman–Crippen MR) is 87.1 cm³/mol. The summed E-state index contributed by atoms with van der Waals surface area (Å²) in [6.07, 6.45) is -1.07. The van der Waals surface area contributed by atoms with Gasteiger partial charge in [-0.3, -0.25) is 0 Å². The maximum absolute atomic E-state index is 14.0. The van der Waals surface area contributed by atoms with E-state index in [0.717, 1.165) is 10.8 Å². The van der Waals surface area contributed by atoms with Gasteiger partial charge in [0.15, 0.2) is 0 Å². The second-order valence-electron chi connectivity index (χ2n) is 4.72. The molecule has 4 heteroatoms. The summed E-state index contributed by atoms with van der Waals surface area (Å²) in [5, 5.41) is 12.9. The third kappa shape index (κ3) is 2.57. The maximum atomic E-state index is 14.0. The van der Waals surface area contributed by atoms with Crippen LogP contribution >= 0.6 is 27.5 Å². The van der Waals surface area contributed by atoms with Crippen LogP contribution in [-0.4, -0.2) is 5.11 Å². The molecule has 0 radical (unpaired) electrons. The Morgan fingerprint density at radius 1 is 0.952 bits per heavy atom. The van der Waals surface area contributed by atoms with Gasteiger partial charge in [0, 0.05) is 20.4 Å². The Morgan fingerprint density at radius 2 is 1.67 bits per heavy atom. The quantitative estimate of drug-likeness (QED) is 0.638. The van der Waals surface area contributed by atoms with Gasteiger partial charge in [0.1, 0.15) is 11.9 Å². The molecule has 0 fully saturated rings. The van der Waals surface area contributed by atoms with Gasteiger partial charge in [-0.1, -0.05) is 63.9 Å². The van der Waals surface area contributed by atoms with Gasteiger partial charge in [0.05, 0.1) is 0 Å². The second-order valence-corrected chi connectivity index (χ2v) is 5.98. The van der Waals surface area contributed by atoms with Crippen molar-refractivity contribution in [1.82, 2.24) is 0 Å². The molecular weight excluding hydrogens is 355 g/mol. The van der Waals surface area contributed by atoms with Crippen LogP contribution in [0.4, 0.5) is 4.39 Å². The number of rotatable bonds is 2. The first kappa shape index (κ1) is 14.5. The van der Waals surface area contributed by atoms with Crippen LogP contribution in [0, 0.1) is 5.82 Å². The molecule has 1 atom stereocenters. The molecular formula is C17H11BrClFO. The molecule has 0 saturated heterocycles. The second kappa shape index (κ2) is 5.76. The molecule has 0 bridgehead atoms. The first-order chi connectivity index (χ1) is 10.1. The fourth-order valence-corrected chi connectivity index (χ4v) is 3.24. The fourth-order valence-electron chi connectivity index (χ4n) is 2.45. The Labute approximate surface area is 135 Å². The molecule has 0 spiro atoms. The Hall–Kier alpha value is -1.42. The van der Waals surface area contributed by atoms with Crippen LogP contribution in [-0.2, 0) is 0 Å². The highest BCUT2D eigenvalue weighted by Gasteiger charge is 2.20. The zero-order chi connectivity index (χ0) is 15.0. The zero-order valence-electron chi connectivity index (χ0n) is 10.9. The summed E-state index contributed by atoms with van der Waals surface area (Å²) in [5.41, 5.74) is 0.853. The minimum atomic E-state index is -1.07. The van der Waals surface area contributed by atoms with Crippen molar-refractivity contribution in [2.75, 3.05) is 0 Å². The van der Waals surface area contributed by atoms with Gasteiger partial charge in [-0.15, -0.1) is 0 Å². The molecule has 3 aromatic rings. The van der Waals surface area contributed by atoms with Crippen LogP contribution in [0.25, 0.3) is 10.8 Å². The van der Waals surface area contributed by atoms with Crippen LogP contribution in [0.3, 0.4) is 0 Å². The largest absolute Gasteiger partial charge is 0.383 e. The van der Waals surface area contributed by atoms with E-state index in [1.165, 1.54) is 6.07 Å². The first-order valence-electron chi connectivity index (χ1n) is 6.38. The monoisotopic (exact) mass is 364 g/mol. The number of hydrogen-bond acceptors (Lipinski definition) is 1. The highest BCUT2D eigenvalue weighted by Crippen LogP contribution is 2.36. The first-order valence-corrected chi connectivity index (χ1v) is 7.56. The lowest BCUT2D eigenvalue weighted by Crippen LogP contribution is -2.04. The third-order valence-corrected chi connectivity index (χ3v) is 4.49. The molecule has 0 saturated carbocycles. The summed E-state index contributed by atoms with van der Waals surface area (Å²) in [6, 6.07) is 15.6. The summed E-state index contributed by atoms with van der Waals surface area (Å²) in [5.74, 6) is -0.448. The summed E-state index contributed by atoms with van der Waals surface area (Å²) >= 11 is 9.47. The van der Waals surface area contributed by atoms with Gasteiger partial charge >= 0.3 is 0 Å². The number of hydrogen-bond donors (Lipinski definition) is 1. The smallest absolute Gasteiger partial charge is 0.130 e. The molecule has 0 aliphatic heterocycles. The Bertz CT molecular complexity index is 799. The van der Waals surface area contributed by atoms with E-state index < -0.39 is 11.9 Å². The van der Waals surface area contributed by atoms with Crippen LogP contribution in [0.5, 0.6) is 0 Å². The van der Waals surface area contributed by atoms with E-state index >= 15 is 0 Å². The van der Waals surface area contributed by atoms with Crippen molar-refractivity contribution in [1.29, 1.82) is 0 Å². The molecule has 0 amide bonds. The Balaban J connectivity index is 2.23. The lowest BCUT2D eigenvalue weighted by molar-refractivity contribution is 0.215. The van der Waals surface area contributed by atoms with E-state index in [2.05, 4.69) is 15.9 Å². The number of fused-ring (bicyclic) bond motifs is 1. The lowest BCUT2D eigenvalue weighted by Gasteiger charge is -2.17. The average Bonchev–Trinajstić information content (AvgIpc) is 2.47. The molecule has 106 valence electrons. The minimum Gasteiger partial charge on any atom is -0.383 e. The van der Waals surface area contributed by atoms with E-state index in [-0.39, 0.29) is 5.56 Å². The zero-order valence-corrected chi connectivity index (χ0v) is 13.2. The molecule has 1 N–H and O–H groups in total. The summed E-state index contributed by atoms with van der Waals surface area (Å²) < 4.78 is 14.6. The van der Waals surface area contributed by atoms with Gasteiger partial charge < -0.3 is 5.11 Å². The number of aliphatic hydroxyl groups is 1. The Morgan fingerprint density at radius 3 is 2.38 bits per heavy atom. The van der Waals surface area contributed by atoms with Crippen molar-refractivity contribution in [2.45, 2.75) is 6.10 Å². The van der Waals surface area contributed by atoms with Crippen molar-refractivity contribution in [2.24, 2.45) is 0 Å². The molecule has 21 heavy (non-hydrogen) atoms. The molecule has 0 heterocycles. The van der Waals surface area contributed by atoms with Crippen LogP contribution < -0.4 is 0 Å². The third-order valence-electron chi connectivity index (χ3n) is 3.47. The predicted octanol–water partition coefficient (Wildman–Crippen LogP) is 5.48. The normalized spacial score (nSPS) is 12.6. The van der Waals surface area contributed by atoms with Gasteiger partial charge in [0.25, 0.3) is 0 Å². The van der Waals surface area contributed by atoms with Crippen LogP contribution in [0.15, 0.2) is 59.1 Å². The van der Waals surface area contributed by atoms with Crippen molar-refractivity contribution < 1.29 is 9.50 Å². The summed E-state index contributed by atoms with van der Waals surface area (Å²) in [7, 11) is 0. The topological polar surface area (TPSA) is 20.2 Å². The standard InChI is InChI=1S/C17H11BrClFO/c18-13-6-3-7-15(20)16(13)17(21)12-8-9-14(19)11-5-2-1-4-10(11)12/h1-9,17,21H. The summed E-state index contributed by atoms with van der Waals surface area (Å²) in [4.78, 5) is 0. The van der Waals surface area contributed by atoms with E-state index in [0.29, 0.717) is 15.1 Å². The lowest BCUT2D eigenvalue weighted by atomic mass is 9.95. The molecule has 3 aromatic carbocycles. The molecule has 3 rings (SSSR count). The SMILES string of the molecule is OC(c1c(F)cccc1Br)c1ccc(Cl)c2ccccc12. The molecule has 0 aliphatic rings. The van der Waals surface area contributed by atoms with Crippen molar-refractivity contribution in [3.8, 4) is 0 Å². The fraction of sp³-hybridized carbons (Fsp3) is 0.0588. The minimum absolute atomic E-state index is 0.227. The molecule has 1 unspecified atom stereocenters. The molecule has 0 aromatic heterocycles. The number of aliphatic hydroxyl groups excluding tert-OH is 1. The summed E-state index contributed by atoms with van der Waals surface area (Å²) in [6.45, 7) is 0. The Kier molecular flexibility index (Phi) is 3.98. The van der Waals surface area contributed by atoms with Crippen LogP contribution in [0.2, 0.25) is 5.02 Å².